The lowest BCUT2D eigenvalue weighted by atomic mass is 10.1. The van der Waals surface area contributed by atoms with E-state index in [1.165, 1.54) is 18.5 Å². The van der Waals surface area contributed by atoms with Crippen molar-refractivity contribution in [1.29, 1.82) is 0 Å². The van der Waals surface area contributed by atoms with Gasteiger partial charge < -0.3 is 20.4 Å². The molecule has 9 heteroatoms. The van der Waals surface area contributed by atoms with E-state index in [0.29, 0.717) is 45.9 Å². The molecule has 1 fully saturated rings. The van der Waals surface area contributed by atoms with Crippen LogP contribution in [0.15, 0.2) is 24.5 Å². The molecule has 3 heterocycles. The van der Waals surface area contributed by atoms with Crippen LogP contribution >= 0.6 is 12.4 Å². The lowest BCUT2D eigenvalue weighted by Gasteiger charge is -2.23. The number of ether oxygens (including phenoxy) is 1. The molecule has 3 aromatic rings. The number of aromatic amines is 1. The van der Waals surface area contributed by atoms with Crippen molar-refractivity contribution >= 4 is 29.3 Å². The van der Waals surface area contributed by atoms with Crippen molar-refractivity contribution in [2.24, 2.45) is 0 Å². The van der Waals surface area contributed by atoms with Gasteiger partial charge in [-0.25, -0.2) is 14.4 Å². The second kappa shape index (κ2) is 9.40. The summed E-state index contributed by atoms with van der Waals surface area (Å²) in [5.41, 5.74) is 3.32. The van der Waals surface area contributed by atoms with Gasteiger partial charge in [0, 0.05) is 17.3 Å². The van der Waals surface area contributed by atoms with Crippen molar-refractivity contribution in [2.45, 2.75) is 32.7 Å². The summed E-state index contributed by atoms with van der Waals surface area (Å²) in [6.07, 6.45) is 3.19. The van der Waals surface area contributed by atoms with E-state index in [-0.39, 0.29) is 30.2 Å². The summed E-state index contributed by atoms with van der Waals surface area (Å²) >= 11 is 0. The molecule has 0 saturated carbocycles. The van der Waals surface area contributed by atoms with Crippen molar-refractivity contribution < 1.29 is 13.9 Å². The Balaban J connectivity index is 0.00000256. The Hall–Kier alpha value is -2.71. The molecule has 3 N–H and O–H groups in total. The molecular weight excluding hydrogens is 409 g/mol. The maximum absolute atomic E-state index is 14.0. The van der Waals surface area contributed by atoms with Crippen LogP contribution in [0.25, 0.3) is 22.3 Å². The Morgan fingerprint density at radius 3 is 2.80 bits per heavy atom. The Bertz CT molecular complexity index is 1050. The first-order valence-electron chi connectivity index (χ1n) is 9.86. The number of H-pyrrole nitrogens is 1. The monoisotopic (exact) mass is 433 g/mol. The SMILES string of the molecule is CCOc1ccc(F)cc1-c1ncnc2c(C(=O)NC3CCNCC3)c(C)[nH]c12.Cl. The van der Waals surface area contributed by atoms with Crippen LogP contribution < -0.4 is 15.4 Å². The van der Waals surface area contributed by atoms with Crippen LogP contribution in [-0.4, -0.2) is 46.6 Å². The largest absolute Gasteiger partial charge is 0.493 e. The minimum Gasteiger partial charge on any atom is -0.493 e. The molecule has 0 unspecified atom stereocenters. The van der Waals surface area contributed by atoms with E-state index in [9.17, 15) is 9.18 Å². The summed E-state index contributed by atoms with van der Waals surface area (Å²) in [5.74, 6) is -0.0150. The number of rotatable bonds is 5. The molecule has 2 aromatic heterocycles. The van der Waals surface area contributed by atoms with Crippen LogP contribution in [0.5, 0.6) is 5.75 Å². The molecule has 1 amide bonds. The lowest BCUT2D eigenvalue weighted by Crippen LogP contribution is -2.42. The van der Waals surface area contributed by atoms with Gasteiger partial charge in [-0.15, -0.1) is 12.4 Å². The molecule has 4 rings (SSSR count). The molecule has 0 atom stereocenters. The average Bonchev–Trinajstić information content (AvgIpc) is 3.06. The van der Waals surface area contributed by atoms with Gasteiger partial charge in [-0.1, -0.05) is 0 Å². The molecule has 0 spiro atoms. The zero-order valence-corrected chi connectivity index (χ0v) is 17.7. The van der Waals surface area contributed by atoms with Crippen LogP contribution in [0.4, 0.5) is 4.39 Å². The van der Waals surface area contributed by atoms with Crippen molar-refractivity contribution in [2.75, 3.05) is 19.7 Å². The van der Waals surface area contributed by atoms with Gasteiger partial charge in [-0.05, 0) is 58.0 Å². The molecule has 0 radical (unpaired) electrons. The van der Waals surface area contributed by atoms with E-state index in [1.807, 2.05) is 13.8 Å². The lowest BCUT2D eigenvalue weighted by molar-refractivity contribution is 0.0930. The normalized spacial score (nSPS) is 14.4. The molecule has 7 nitrogen and oxygen atoms in total. The van der Waals surface area contributed by atoms with Crippen molar-refractivity contribution in [3.05, 3.63) is 41.6 Å². The van der Waals surface area contributed by atoms with Gasteiger partial charge in [0.1, 0.15) is 29.1 Å². The third-order valence-corrected chi connectivity index (χ3v) is 5.17. The Morgan fingerprint density at radius 2 is 2.07 bits per heavy atom. The van der Waals surface area contributed by atoms with Gasteiger partial charge in [0.25, 0.3) is 5.91 Å². The second-order valence-corrected chi connectivity index (χ2v) is 7.14. The van der Waals surface area contributed by atoms with Gasteiger partial charge in [-0.3, -0.25) is 4.79 Å². The van der Waals surface area contributed by atoms with Gasteiger partial charge >= 0.3 is 0 Å². The van der Waals surface area contributed by atoms with Crippen molar-refractivity contribution in [1.82, 2.24) is 25.6 Å². The van der Waals surface area contributed by atoms with Gasteiger partial charge in [0.2, 0.25) is 0 Å². The maximum Gasteiger partial charge on any atom is 0.255 e. The van der Waals surface area contributed by atoms with E-state index in [1.54, 1.807) is 6.07 Å². The van der Waals surface area contributed by atoms with Crippen LogP contribution in [0.3, 0.4) is 0 Å². The number of hydrogen-bond acceptors (Lipinski definition) is 5. The van der Waals surface area contributed by atoms with Crippen LogP contribution in [0.1, 0.15) is 35.8 Å². The Kier molecular flexibility index (Phi) is 6.89. The molecule has 1 aromatic carbocycles. The zero-order chi connectivity index (χ0) is 20.4. The number of carbonyl (C=O) groups is 1. The highest BCUT2D eigenvalue weighted by atomic mass is 35.5. The minimum atomic E-state index is -0.387. The van der Waals surface area contributed by atoms with Crippen LogP contribution in [0.2, 0.25) is 0 Å². The molecule has 1 saturated heterocycles. The first-order chi connectivity index (χ1) is 14.1. The predicted octanol–water partition coefficient (Wildman–Crippen LogP) is 3.37. The molecule has 30 heavy (non-hydrogen) atoms. The Morgan fingerprint density at radius 1 is 1.30 bits per heavy atom. The summed E-state index contributed by atoms with van der Waals surface area (Å²) in [4.78, 5) is 24.9. The molecule has 0 bridgehead atoms. The number of halogens is 2. The van der Waals surface area contributed by atoms with Gasteiger partial charge in [-0.2, -0.15) is 0 Å². The average molecular weight is 434 g/mol. The molecule has 160 valence electrons. The molecule has 0 aliphatic carbocycles. The maximum atomic E-state index is 14.0. The highest BCUT2D eigenvalue weighted by Crippen LogP contribution is 2.34. The summed E-state index contributed by atoms with van der Waals surface area (Å²) < 4.78 is 19.6. The number of nitrogens with zero attached hydrogens (tertiary/aromatic N) is 2. The standard InChI is InChI=1S/C21H24FN5O2.ClH/c1-3-29-16-5-4-13(22)10-15(16)18-20-19(25-11-24-18)17(12(2)26-20)21(28)27-14-6-8-23-9-7-14;/h4-5,10-11,14,23,26H,3,6-9H2,1-2H3,(H,27,28);1H. The van der Waals surface area contributed by atoms with Crippen LogP contribution in [0, 0.1) is 12.7 Å². The fourth-order valence-corrected chi connectivity index (χ4v) is 3.80. The van der Waals surface area contributed by atoms with E-state index in [4.69, 9.17) is 4.74 Å². The van der Waals surface area contributed by atoms with E-state index >= 15 is 0 Å². The number of piperidine rings is 1. The van der Waals surface area contributed by atoms with Gasteiger partial charge in [0.05, 0.1) is 17.7 Å². The number of aryl methyl sites for hydroxylation is 1. The summed E-state index contributed by atoms with van der Waals surface area (Å²) in [6.45, 7) is 5.93. The third-order valence-electron chi connectivity index (χ3n) is 5.17. The fourth-order valence-electron chi connectivity index (χ4n) is 3.80. The van der Waals surface area contributed by atoms with E-state index in [0.717, 1.165) is 25.9 Å². The number of aromatic nitrogens is 3. The van der Waals surface area contributed by atoms with Crippen LogP contribution in [-0.2, 0) is 0 Å². The first-order valence-corrected chi connectivity index (χ1v) is 9.86. The summed E-state index contributed by atoms with van der Waals surface area (Å²) in [7, 11) is 0. The topological polar surface area (TPSA) is 91.9 Å². The fraction of sp³-hybridized carbons (Fsp3) is 0.381. The quantitative estimate of drug-likeness (QED) is 0.573. The van der Waals surface area contributed by atoms with E-state index in [2.05, 4.69) is 25.6 Å². The number of carbonyl (C=O) groups excluding carboxylic acids is 1. The van der Waals surface area contributed by atoms with Gasteiger partial charge in [0.15, 0.2) is 0 Å². The smallest absolute Gasteiger partial charge is 0.255 e. The van der Waals surface area contributed by atoms with Crippen molar-refractivity contribution in [3.8, 4) is 17.0 Å². The first kappa shape index (κ1) is 22.0. The summed E-state index contributed by atoms with van der Waals surface area (Å²) in [6, 6.07) is 4.47. The number of hydrogen-bond donors (Lipinski definition) is 3. The number of benzene rings is 1. The second-order valence-electron chi connectivity index (χ2n) is 7.14. The number of amides is 1. The predicted molar refractivity (Wildman–Crippen MR) is 116 cm³/mol. The van der Waals surface area contributed by atoms with E-state index < -0.39 is 0 Å². The highest BCUT2D eigenvalue weighted by molar-refractivity contribution is 6.09. The Labute approximate surface area is 180 Å². The zero-order valence-electron chi connectivity index (χ0n) is 16.9. The van der Waals surface area contributed by atoms with Crippen molar-refractivity contribution in [3.63, 3.8) is 0 Å². The molecular formula is C21H25ClFN5O2. The molecule has 1 aliphatic rings. The number of fused-ring (bicyclic) bond motifs is 1. The minimum absolute atomic E-state index is 0. The summed E-state index contributed by atoms with van der Waals surface area (Å²) in [5, 5.41) is 6.40. The number of nitrogens with one attached hydrogen (secondary N) is 3. The third kappa shape index (κ3) is 4.24. The highest BCUT2D eigenvalue weighted by Gasteiger charge is 2.24. The molecule has 1 aliphatic heterocycles.